The molecular weight excluding hydrogens is 296 g/mol. The van der Waals surface area contributed by atoms with E-state index < -0.39 is 5.97 Å². The Kier molecular flexibility index (Phi) is 4.47. The van der Waals surface area contributed by atoms with Crippen LogP contribution in [0, 0.1) is 0 Å². The molecule has 23 heavy (non-hydrogen) atoms. The van der Waals surface area contributed by atoms with Gasteiger partial charge in [-0.2, -0.15) is 5.10 Å². The zero-order valence-corrected chi connectivity index (χ0v) is 13.5. The van der Waals surface area contributed by atoms with Crippen LogP contribution in [-0.4, -0.2) is 44.0 Å². The minimum absolute atomic E-state index is 0.214. The number of carbonyl (C=O) groups is 1. The van der Waals surface area contributed by atoms with Gasteiger partial charge in [-0.15, -0.1) is 0 Å². The summed E-state index contributed by atoms with van der Waals surface area (Å²) in [7, 11) is 2.04. The molecule has 1 atom stereocenters. The van der Waals surface area contributed by atoms with Crippen molar-refractivity contribution in [3.63, 3.8) is 0 Å². The first-order valence-electron chi connectivity index (χ1n) is 8.01. The Balaban J connectivity index is 1.80. The number of carboxylic acids is 1. The second kappa shape index (κ2) is 6.54. The van der Waals surface area contributed by atoms with Crippen LogP contribution < -0.4 is 0 Å². The molecule has 0 fully saturated rings. The van der Waals surface area contributed by atoms with E-state index >= 15 is 0 Å². The van der Waals surface area contributed by atoms with Crippen LogP contribution in [0.25, 0.3) is 0 Å². The molecule has 2 aromatic heterocycles. The topological polar surface area (TPSA) is 84.4 Å². The molecular formula is C16H22N4O3. The van der Waals surface area contributed by atoms with Gasteiger partial charge < -0.3 is 9.63 Å². The molecule has 0 saturated heterocycles. The largest absolute Gasteiger partial charge is 0.476 e. The van der Waals surface area contributed by atoms with Gasteiger partial charge in [-0.3, -0.25) is 9.58 Å². The number of fused-ring (bicyclic) bond motifs is 1. The third-order valence-electron chi connectivity index (χ3n) is 4.48. The van der Waals surface area contributed by atoms with Crippen molar-refractivity contribution in [2.24, 2.45) is 0 Å². The number of aromatic nitrogens is 3. The van der Waals surface area contributed by atoms with Crippen molar-refractivity contribution in [3.8, 4) is 0 Å². The Morgan fingerprint density at radius 3 is 3.04 bits per heavy atom. The van der Waals surface area contributed by atoms with Crippen LogP contribution in [0.15, 0.2) is 16.8 Å². The highest BCUT2D eigenvalue weighted by molar-refractivity contribution is 5.87. The fourth-order valence-corrected chi connectivity index (χ4v) is 3.31. The molecule has 2 aromatic rings. The van der Waals surface area contributed by atoms with E-state index in [1.807, 2.05) is 17.8 Å². The quantitative estimate of drug-likeness (QED) is 0.876. The first-order chi connectivity index (χ1) is 11.1. The van der Waals surface area contributed by atoms with E-state index in [1.54, 1.807) is 6.20 Å². The summed E-state index contributed by atoms with van der Waals surface area (Å²) in [6.07, 6.45) is 5.15. The van der Waals surface area contributed by atoms with Gasteiger partial charge in [-0.25, -0.2) is 4.79 Å². The highest BCUT2D eigenvalue weighted by atomic mass is 16.5. The number of hydrogen-bond acceptors (Lipinski definition) is 5. The van der Waals surface area contributed by atoms with Crippen molar-refractivity contribution in [2.45, 2.75) is 51.7 Å². The second-order valence-electron chi connectivity index (χ2n) is 6.09. The monoisotopic (exact) mass is 318 g/mol. The normalized spacial score (nSPS) is 17.4. The summed E-state index contributed by atoms with van der Waals surface area (Å²) >= 11 is 0. The highest BCUT2D eigenvalue weighted by Crippen LogP contribution is 2.28. The van der Waals surface area contributed by atoms with Gasteiger partial charge in [0.1, 0.15) is 0 Å². The van der Waals surface area contributed by atoms with Crippen LogP contribution in [0.4, 0.5) is 0 Å². The molecule has 7 heteroatoms. The summed E-state index contributed by atoms with van der Waals surface area (Å²) in [4.78, 5) is 13.7. The molecule has 124 valence electrons. The van der Waals surface area contributed by atoms with Crippen molar-refractivity contribution < 1.29 is 14.4 Å². The molecule has 0 saturated carbocycles. The van der Waals surface area contributed by atoms with Gasteiger partial charge in [-0.05, 0) is 32.7 Å². The van der Waals surface area contributed by atoms with Crippen LogP contribution in [-0.2, 0) is 25.9 Å². The maximum absolute atomic E-state index is 11.5. The first-order valence-corrected chi connectivity index (χ1v) is 8.01. The lowest BCUT2D eigenvalue weighted by atomic mass is 9.90. The van der Waals surface area contributed by atoms with Crippen molar-refractivity contribution in [1.29, 1.82) is 0 Å². The van der Waals surface area contributed by atoms with Gasteiger partial charge in [0.25, 0.3) is 0 Å². The van der Waals surface area contributed by atoms with Crippen LogP contribution >= 0.6 is 0 Å². The molecule has 1 aliphatic carbocycles. The molecule has 0 spiro atoms. The van der Waals surface area contributed by atoms with Crippen LogP contribution in [0.1, 0.15) is 47.3 Å². The Hall–Kier alpha value is -2.15. The fraction of sp³-hybridized carbons (Fsp3) is 0.562. The minimum Gasteiger partial charge on any atom is -0.476 e. The third-order valence-corrected chi connectivity index (χ3v) is 4.48. The number of likely N-dealkylation sites (N-methyl/N-ethyl adjacent to an activating group) is 1. The number of carboxylic acid groups (broad SMARTS) is 1. The molecule has 3 rings (SSSR count). The molecule has 2 heterocycles. The van der Waals surface area contributed by atoms with Crippen LogP contribution in [0.5, 0.6) is 0 Å². The number of aryl methyl sites for hydroxylation is 1. The average molecular weight is 318 g/mol. The molecule has 0 aromatic carbocycles. The number of nitrogens with zero attached hydrogens (tertiary/aromatic N) is 4. The third kappa shape index (κ3) is 3.14. The second-order valence-corrected chi connectivity index (χ2v) is 6.09. The van der Waals surface area contributed by atoms with Gasteiger partial charge in [-0.1, -0.05) is 12.1 Å². The van der Waals surface area contributed by atoms with E-state index in [4.69, 9.17) is 4.52 Å². The SMILES string of the molecule is CCCn1nc(C(=O)O)c2c1CCC(N(C)Cc1ccno1)C2. The zero-order chi connectivity index (χ0) is 16.4. The Labute approximate surface area is 134 Å². The summed E-state index contributed by atoms with van der Waals surface area (Å²) < 4.78 is 7.04. The van der Waals surface area contributed by atoms with E-state index in [0.29, 0.717) is 13.0 Å². The van der Waals surface area contributed by atoms with E-state index in [-0.39, 0.29) is 11.7 Å². The number of aromatic carboxylic acids is 1. The minimum atomic E-state index is -0.936. The lowest BCUT2D eigenvalue weighted by molar-refractivity contribution is 0.0687. The summed E-state index contributed by atoms with van der Waals surface area (Å²) in [5.74, 6) is -0.118. The Bertz CT molecular complexity index is 678. The Morgan fingerprint density at radius 1 is 1.57 bits per heavy atom. The van der Waals surface area contributed by atoms with E-state index in [2.05, 4.69) is 22.1 Å². The average Bonchev–Trinajstić information content (AvgIpc) is 3.15. The predicted octanol–water partition coefficient (Wildman–Crippen LogP) is 1.97. The molecule has 0 aliphatic heterocycles. The summed E-state index contributed by atoms with van der Waals surface area (Å²) in [6.45, 7) is 3.52. The van der Waals surface area contributed by atoms with Crippen molar-refractivity contribution in [1.82, 2.24) is 19.8 Å². The first kappa shape index (κ1) is 15.7. The number of hydrogen-bond donors (Lipinski definition) is 1. The Morgan fingerprint density at radius 2 is 2.39 bits per heavy atom. The van der Waals surface area contributed by atoms with Gasteiger partial charge in [0, 0.05) is 29.9 Å². The predicted molar refractivity (Wildman–Crippen MR) is 83.3 cm³/mol. The summed E-state index contributed by atoms with van der Waals surface area (Å²) in [5.41, 5.74) is 2.20. The van der Waals surface area contributed by atoms with E-state index in [9.17, 15) is 9.90 Å². The smallest absolute Gasteiger partial charge is 0.356 e. The fourth-order valence-electron chi connectivity index (χ4n) is 3.31. The highest BCUT2D eigenvalue weighted by Gasteiger charge is 2.30. The molecule has 0 radical (unpaired) electrons. The van der Waals surface area contributed by atoms with Gasteiger partial charge >= 0.3 is 5.97 Å². The molecule has 1 N–H and O–H groups in total. The van der Waals surface area contributed by atoms with Crippen LogP contribution in [0.2, 0.25) is 0 Å². The van der Waals surface area contributed by atoms with Gasteiger partial charge in [0.15, 0.2) is 11.5 Å². The molecule has 1 unspecified atom stereocenters. The number of rotatable bonds is 6. The maximum atomic E-state index is 11.5. The van der Waals surface area contributed by atoms with E-state index in [1.165, 1.54) is 0 Å². The van der Waals surface area contributed by atoms with Gasteiger partial charge in [0.2, 0.25) is 0 Å². The molecule has 7 nitrogen and oxygen atoms in total. The molecule has 0 amide bonds. The zero-order valence-electron chi connectivity index (χ0n) is 13.5. The van der Waals surface area contributed by atoms with Crippen molar-refractivity contribution in [2.75, 3.05) is 7.05 Å². The standard InChI is InChI=1S/C16H22N4O3/c1-3-8-20-14-5-4-11(9-13(14)15(18-20)16(21)22)19(2)10-12-6-7-17-23-12/h6-7,11H,3-5,8-10H2,1-2H3,(H,21,22). The van der Waals surface area contributed by atoms with Crippen molar-refractivity contribution >= 4 is 5.97 Å². The lowest BCUT2D eigenvalue weighted by Crippen LogP contribution is -2.36. The summed E-state index contributed by atoms with van der Waals surface area (Å²) in [5, 5.41) is 17.5. The maximum Gasteiger partial charge on any atom is 0.356 e. The van der Waals surface area contributed by atoms with E-state index in [0.717, 1.165) is 42.8 Å². The molecule has 0 bridgehead atoms. The van der Waals surface area contributed by atoms with Gasteiger partial charge in [0.05, 0.1) is 12.7 Å². The van der Waals surface area contributed by atoms with Crippen LogP contribution in [0.3, 0.4) is 0 Å². The summed E-state index contributed by atoms with van der Waals surface area (Å²) in [6, 6.07) is 2.14. The van der Waals surface area contributed by atoms with Crippen molar-refractivity contribution in [3.05, 3.63) is 35.0 Å². The molecule has 1 aliphatic rings. The lowest BCUT2D eigenvalue weighted by Gasteiger charge is -2.31.